The predicted molar refractivity (Wildman–Crippen MR) is 83.2 cm³/mol. The molecule has 0 amide bonds. The topological polar surface area (TPSA) is 20.2 Å². The fourth-order valence-corrected chi connectivity index (χ4v) is 2.64. The monoisotopic (exact) mass is 336 g/mol. The predicted octanol–water partition coefficient (Wildman–Crippen LogP) is 4.51. The summed E-state index contributed by atoms with van der Waals surface area (Å²) in [6.07, 6.45) is 1.43. The summed E-state index contributed by atoms with van der Waals surface area (Å²) in [6.45, 7) is 1.93. The normalized spacial score (nSPS) is 14.0. The van der Waals surface area contributed by atoms with Crippen LogP contribution in [0.25, 0.3) is 0 Å². The number of hydrogen-bond acceptors (Lipinski definition) is 1. The van der Waals surface area contributed by atoms with Crippen LogP contribution in [-0.4, -0.2) is 10.7 Å². The lowest BCUT2D eigenvalue weighted by molar-refractivity contribution is 0.0360. The highest BCUT2D eigenvalue weighted by atomic mass is 79.9. The van der Waals surface area contributed by atoms with Gasteiger partial charge in [-0.15, -0.1) is 0 Å². The Morgan fingerprint density at radius 1 is 1.10 bits per heavy atom. The summed E-state index contributed by atoms with van der Waals surface area (Å²) >= 11 is 3.24. The van der Waals surface area contributed by atoms with Crippen molar-refractivity contribution >= 4 is 15.9 Å². The Balaban J connectivity index is 2.18. The third-order valence-electron chi connectivity index (χ3n) is 3.57. The van der Waals surface area contributed by atoms with E-state index in [0.717, 1.165) is 5.56 Å². The Morgan fingerprint density at radius 2 is 1.80 bits per heavy atom. The second-order valence-corrected chi connectivity index (χ2v) is 6.07. The van der Waals surface area contributed by atoms with Gasteiger partial charge in [-0.25, -0.2) is 4.39 Å². The van der Waals surface area contributed by atoms with Gasteiger partial charge in [-0.2, -0.15) is 0 Å². The molecule has 0 aliphatic heterocycles. The van der Waals surface area contributed by atoms with Crippen LogP contribution < -0.4 is 0 Å². The Hall–Kier alpha value is -1.19. The Labute approximate surface area is 127 Å². The average molecular weight is 337 g/mol. The molecule has 1 nitrogen and oxygen atoms in total. The highest BCUT2D eigenvalue weighted by molar-refractivity contribution is 9.10. The zero-order chi connectivity index (χ0) is 14.6. The lowest BCUT2D eigenvalue weighted by atomic mass is 9.86. The molecule has 0 fully saturated rings. The minimum absolute atomic E-state index is 0.278. The molecule has 0 saturated carbocycles. The van der Waals surface area contributed by atoms with Gasteiger partial charge in [0.25, 0.3) is 0 Å². The van der Waals surface area contributed by atoms with Gasteiger partial charge in [0.2, 0.25) is 0 Å². The van der Waals surface area contributed by atoms with E-state index in [1.807, 2.05) is 37.3 Å². The number of hydrogen-bond donors (Lipinski definition) is 1. The number of benzene rings is 2. The van der Waals surface area contributed by atoms with E-state index in [9.17, 15) is 9.50 Å². The quantitative estimate of drug-likeness (QED) is 0.851. The first kappa shape index (κ1) is 15.2. The zero-order valence-electron chi connectivity index (χ0n) is 11.4. The Kier molecular flexibility index (Phi) is 4.95. The molecule has 0 saturated heterocycles. The second kappa shape index (κ2) is 6.51. The van der Waals surface area contributed by atoms with Gasteiger partial charge in [0.15, 0.2) is 0 Å². The summed E-state index contributed by atoms with van der Waals surface area (Å²) in [6, 6.07) is 14.8. The van der Waals surface area contributed by atoms with Crippen molar-refractivity contribution in [3.8, 4) is 0 Å². The molecule has 20 heavy (non-hydrogen) atoms. The van der Waals surface area contributed by atoms with E-state index in [1.54, 1.807) is 12.1 Å². The Bertz CT molecular complexity index is 570. The van der Waals surface area contributed by atoms with Gasteiger partial charge >= 0.3 is 0 Å². The minimum Gasteiger partial charge on any atom is -0.389 e. The fraction of sp³-hybridized carbons (Fsp3) is 0.294. The van der Waals surface area contributed by atoms with Crippen molar-refractivity contribution in [3.05, 3.63) is 69.9 Å². The summed E-state index contributed by atoms with van der Waals surface area (Å²) in [4.78, 5) is 0. The molecule has 0 aromatic heterocycles. The van der Waals surface area contributed by atoms with E-state index in [1.165, 1.54) is 6.07 Å². The van der Waals surface area contributed by atoms with Crippen LogP contribution in [0.3, 0.4) is 0 Å². The summed E-state index contributed by atoms with van der Waals surface area (Å²) in [5.41, 5.74) is 0.693. The molecule has 0 aliphatic rings. The van der Waals surface area contributed by atoms with E-state index in [2.05, 4.69) is 15.9 Å². The number of rotatable bonds is 5. The van der Waals surface area contributed by atoms with Gasteiger partial charge in [-0.1, -0.05) is 59.3 Å². The standard InChI is InChI=1S/C17H18BrFO/c1-2-17(20,11-13-6-4-3-5-7-13)12-14-8-9-15(18)10-16(14)19/h3-10,20H,2,11-12H2,1H3. The molecule has 0 radical (unpaired) electrons. The summed E-state index contributed by atoms with van der Waals surface area (Å²) < 4.78 is 14.6. The summed E-state index contributed by atoms with van der Waals surface area (Å²) in [5, 5.41) is 10.7. The molecule has 2 rings (SSSR count). The van der Waals surface area contributed by atoms with E-state index in [4.69, 9.17) is 0 Å². The van der Waals surface area contributed by atoms with Crippen LogP contribution in [0.1, 0.15) is 24.5 Å². The van der Waals surface area contributed by atoms with E-state index in [-0.39, 0.29) is 5.82 Å². The van der Waals surface area contributed by atoms with Gasteiger partial charge in [0.05, 0.1) is 5.60 Å². The Morgan fingerprint density at radius 3 is 2.40 bits per heavy atom. The first-order valence-corrected chi connectivity index (χ1v) is 7.52. The SMILES string of the molecule is CCC(O)(Cc1ccccc1)Cc1ccc(Br)cc1F. The minimum atomic E-state index is -0.921. The van der Waals surface area contributed by atoms with Crippen LogP contribution in [0.2, 0.25) is 0 Å². The number of halogens is 2. The van der Waals surface area contributed by atoms with Crippen LogP contribution >= 0.6 is 15.9 Å². The summed E-state index contributed by atoms with van der Waals surface area (Å²) in [5.74, 6) is -0.278. The van der Waals surface area contributed by atoms with E-state index in [0.29, 0.717) is 29.3 Å². The van der Waals surface area contributed by atoms with Crippen molar-refractivity contribution in [2.75, 3.05) is 0 Å². The van der Waals surface area contributed by atoms with Crippen molar-refractivity contribution in [2.24, 2.45) is 0 Å². The van der Waals surface area contributed by atoms with Crippen LogP contribution in [0.15, 0.2) is 53.0 Å². The number of aliphatic hydroxyl groups is 1. The lowest BCUT2D eigenvalue weighted by Crippen LogP contribution is -2.33. The molecule has 0 heterocycles. The second-order valence-electron chi connectivity index (χ2n) is 5.15. The maximum absolute atomic E-state index is 13.9. The van der Waals surface area contributed by atoms with Gasteiger partial charge < -0.3 is 5.11 Å². The average Bonchev–Trinajstić information content (AvgIpc) is 2.43. The summed E-state index contributed by atoms with van der Waals surface area (Å²) in [7, 11) is 0. The molecule has 0 bridgehead atoms. The van der Waals surface area contributed by atoms with Crippen molar-refractivity contribution in [1.29, 1.82) is 0 Å². The zero-order valence-corrected chi connectivity index (χ0v) is 13.0. The largest absolute Gasteiger partial charge is 0.389 e. The van der Waals surface area contributed by atoms with Crippen molar-refractivity contribution in [3.63, 3.8) is 0 Å². The van der Waals surface area contributed by atoms with Gasteiger partial charge in [0.1, 0.15) is 5.82 Å². The van der Waals surface area contributed by atoms with E-state index < -0.39 is 5.60 Å². The maximum atomic E-state index is 13.9. The lowest BCUT2D eigenvalue weighted by Gasteiger charge is -2.27. The highest BCUT2D eigenvalue weighted by Crippen LogP contribution is 2.25. The molecule has 1 atom stereocenters. The molecule has 1 N–H and O–H groups in total. The van der Waals surface area contributed by atoms with Gasteiger partial charge in [-0.3, -0.25) is 0 Å². The van der Waals surface area contributed by atoms with Crippen LogP contribution in [0.5, 0.6) is 0 Å². The molecular weight excluding hydrogens is 319 g/mol. The molecule has 3 heteroatoms. The van der Waals surface area contributed by atoms with Gasteiger partial charge in [0, 0.05) is 17.3 Å². The third-order valence-corrected chi connectivity index (χ3v) is 4.06. The van der Waals surface area contributed by atoms with Crippen LogP contribution in [-0.2, 0) is 12.8 Å². The fourth-order valence-electron chi connectivity index (χ4n) is 2.31. The van der Waals surface area contributed by atoms with Crippen molar-refractivity contribution in [1.82, 2.24) is 0 Å². The first-order chi connectivity index (χ1) is 9.52. The maximum Gasteiger partial charge on any atom is 0.127 e. The molecule has 0 aliphatic carbocycles. The van der Waals surface area contributed by atoms with Crippen LogP contribution in [0, 0.1) is 5.82 Å². The van der Waals surface area contributed by atoms with Crippen LogP contribution in [0.4, 0.5) is 4.39 Å². The molecule has 0 spiro atoms. The highest BCUT2D eigenvalue weighted by Gasteiger charge is 2.26. The van der Waals surface area contributed by atoms with Gasteiger partial charge in [-0.05, 0) is 29.7 Å². The molecule has 2 aromatic carbocycles. The first-order valence-electron chi connectivity index (χ1n) is 6.73. The van der Waals surface area contributed by atoms with Crippen molar-refractivity contribution in [2.45, 2.75) is 31.8 Å². The molecule has 1 unspecified atom stereocenters. The molecule has 2 aromatic rings. The van der Waals surface area contributed by atoms with Crippen molar-refractivity contribution < 1.29 is 9.50 Å². The van der Waals surface area contributed by atoms with E-state index >= 15 is 0 Å². The third kappa shape index (κ3) is 3.90. The smallest absolute Gasteiger partial charge is 0.127 e. The molecular formula is C17H18BrFO. The molecule has 106 valence electrons.